The Morgan fingerprint density at radius 2 is 2.42 bits per heavy atom. The number of rotatable bonds is 3. The highest BCUT2D eigenvalue weighted by atomic mass is 35.5. The second-order valence-corrected chi connectivity index (χ2v) is 2.41. The lowest BCUT2D eigenvalue weighted by molar-refractivity contribution is 0.0502. The van der Waals surface area contributed by atoms with E-state index in [2.05, 4.69) is 9.72 Å². The maximum absolute atomic E-state index is 11.1. The van der Waals surface area contributed by atoms with Gasteiger partial charge in [-0.3, -0.25) is 4.79 Å². The van der Waals surface area contributed by atoms with Gasteiger partial charge in [-0.25, -0.2) is 0 Å². The number of pyridine rings is 1. The third-order valence-corrected chi connectivity index (χ3v) is 1.47. The summed E-state index contributed by atoms with van der Waals surface area (Å²) < 4.78 is 9.54. The predicted octanol–water partition coefficient (Wildman–Crippen LogP) is 1.01. The van der Waals surface area contributed by atoms with Crippen molar-refractivity contribution in [2.75, 3.05) is 13.9 Å². The van der Waals surface area contributed by atoms with Crippen molar-refractivity contribution in [3.05, 3.63) is 27.6 Å². The first-order chi connectivity index (χ1) is 5.75. The van der Waals surface area contributed by atoms with Crippen molar-refractivity contribution >= 4 is 11.6 Å². The third-order valence-electron chi connectivity index (χ3n) is 1.19. The number of aromatic nitrogens is 1. The molecule has 0 bridgehead atoms. The van der Waals surface area contributed by atoms with E-state index in [4.69, 9.17) is 16.3 Å². The summed E-state index contributed by atoms with van der Waals surface area (Å²) in [7, 11) is 1.46. The van der Waals surface area contributed by atoms with Gasteiger partial charge in [-0.2, -0.15) is 0 Å². The van der Waals surface area contributed by atoms with Crippen LogP contribution >= 0.6 is 11.6 Å². The fourth-order valence-corrected chi connectivity index (χ4v) is 0.903. The highest BCUT2D eigenvalue weighted by Gasteiger charge is 2.04. The summed E-state index contributed by atoms with van der Waals surface area (Å²) >= 11 is 5.63. The lowest BCUT2D eigenvalue weighted by atomic mass is 10.4. The Balaban J connectivity index is 2.89. The van der Waals surface area contributed by atoms with Gasteiger partial charge in [-0.15, -0.1) is 0 Å². The Morgan fingerprint density at radius 3 is 3.00 bits per heavy atom. The van der Waals surface area contributed by atoms with Crippen molar-refractivity contribution < 1.29 is 9.47 Å². The highest BCUT2D eigenvalue weighted by molar-refractivity contribution is 6.30. The Labute approximate surface area is 74.1 Å². The highest BCUT2D eigenvalue weighted by Crippen LogP contribution is 2.14. The average Bonchev–Trinajstić information content (AvgIpc) is 2.04. The molecule has 0 spiro atoms. The molecule has 1 heterocycles. The van der Waals surface area contributed by atoms with Gasteiger partial charge in [0.05, 0.1) is 0 Å². The van der Waals surface area contributed by atoms with Gasteiger partial charge < -0.3 is 14.5 Å². The van der Waals surface area contributed by atoms with Gasteiger partial charge in [0.1, 0.15) is 0 Å². The van der Waals surface area contributed by atoms with Gasteiger partial charge >= 0.3 is 0 Å². The molecule has 0 saturated heterocycles. The smallest absolute Gasteiger partial charge is 0.225 e. The van der Waals surface area contributed by atoms with Crippen LogP contribution < -0.4 is 10.2 Å². The van der Waals surface area contributed by atoms with E-state index in [-0.39, 0.29) is 23.1 Å². The van der Waals surface area contributed by atoms with Crippen LogP contribution in [0.5, 0.6) is 5.75 Å². The third kappa shape index (κ3) is 1.99. The second kappa shape index (κ2) is 4.13. The van der Waals surface area contributed by atoms with E-state index in [0.29, 0.717) is 0 Å². The predicted molar refractivity (Wildman–Crippen MR) is 44.6 cm³/mol. The van der Waals surface area contributed by atoms with Crippen molar-refractivity contribution in [2.24, 2.45) is 0 Å². The molecule has 1 rings (SSSR count). The minimum atomic E-state index is -0.268. The minimum absolute atomic E-state index is 0.00676. The summed E-state index contributed by atoms with van der Waals surface area (Å²) in [6.45, 7) is 0.00676. The van der Waals surface area contributed by atoms with E-state index >= 15 is 0 Å². The Bertz CT molecular complexity index is 310. The zero-order valence-corrected chi connectivity index (χ0v) is 7.22. The maximum atomic E-state index is 11.1. The number of nitrogens with one attached hydrogen (secondary N) is 1. The second-order valence-electron chi connectivity index (χ2n) is 2.04. The largest absolute Gasteiger partial charge is 0.460 e. The summed E-state index contributed by atoms with van der Waals surface area (Å²) in [6, 6.07) is 1.33. The maximum Gasteiger partial charge on any atom is 0.225 e. The molecule has 1 N–H and O–H groups in total. The fraction of sp³-hybridized carbons (Fsp3) is 0.286. The molecule has 0 radical (unpaired) electrons. The number of methoxy groups -OCH3 is 1. The first kappa shape index (κ1) is 9.09. The molecule has 0 atom stereocenters. The molecular formula is C7H8ClNO3. The first-order valence-electron chi connectivity index (χ1n) is 3.24. The number of hydrogen-bond acceptors (Lipinski definition) is 3. The van der Waals surface area contributed by atoms with Gasteiger partial charge in [-0.05, 0) is 0 Å². The zero-order chi connectivity index (χ0) is 8.97. The number of hydrogen-bond donors (Lipinski definition) is 1. The zero-order valence-electron chi connectivity index (χ0n) is 6.46. The van der Waals surface area contributed by atoms with Crippen LogP contribution in [-0.2, 0) is 4.74 Å². The summed E-state index contributed by atoms with van der Waals surface area (Å²) in [6.07, 6.45) is 1.45. The molecule has 0 fully saturated rings. The number of aromatic amines is 1. The van der Waals surface area contributed by atoms with Crippen LogP contribution in [-0.4, -0.2) is 18.9 Å². The molecule has 0 aliphatic heterocycles. The van der Waals surface area contributed by atoms with Crippen LogP contribution in [0.1, 0.15) is 0 Å². The molecule has 1 aromatic rings. The minimum Gasteiger partial charge on any atom is -0.460 e. The molecular weight excluding hydrogens is 182 g/mol. The quantitative estimate of drug-likeness (QED) is 0.571. The van der Waals surface area contributed by atoms with Gasteiger partial charge in [-0.1, -0.05) is 11.6 Å². The van der Waals surface area contributed by atoms with Crippen molar-refractivity contribution in [1.82, 2.24) is 4.98 Å². The molecule has 0 aliphatic carbocycles. The first-order valence-corrected chi connectivity index (χ1v) is 3.62. The van der Waals surface area contributed by atoms with E-state index in [1.807, 2.05) is 0 Å². The van der Waals surface area contributed by atoms with Crippen LogP contribution in [0.25, 0.3) is 0 Å². The van der Waals surface area contributed by atoms with Gasteiger partial charge in [0.25, 0.3) is 0 Å². The lowest BCUT2D eigenvalue weighted by Gasteiger charge is -2.03. The molecule has 0 saturated carbocycles. The van der Waals surface area contributed by atoms with E-state index in [0.717, 1.165) is 0 Å². The summed E-state index contributed by atoms with van der Waals surface area (Å²) in [5.74, 6) is 0.0843. The molecule has 1 aromatic heterocycles. The monoisotopic (exact) mass is 189 g/mol. The molecule has 0 aromatic carbocycles. The van der Waals surface area contributed by atoms with Crippen LogP contribution in [0.2, 0.25) is 5.15 Å². The van der Waals surface area contributed by atoms with Crippen molar-refractivity contribution in [3.8, 4) is 5.75 Å². The fourth-order valence-electron chi connectivity index (χ4n) is 0.692. The number of ether oxygens (including phenoxy) is 2. The number of H-pyrrole nitrogens is 1. The number of halogens is 1. The van der Waals surface area contributed by atoms with Crippen molar-refractivity contribution in [3.63, 3.8) is 0 Å². The average molecular weight is 190 g/mol. The summed E-state index contributed by atoms with van der Waals surface area (Å²) in [5, 5.41) is 0.180. The van der Waals surface area contributed by atoms with Crippen molar-refractivity contribution in [1.29, 1.82) is 0 Å². The molecule has 4 nitrogen and oxygen atoms in total. The Kier molecular flexibility index (Phi) is 3.13. The van der Waals surface area contributed by atoms with E-state index < -0.39 is 0 Å². The topological polar surface area (TPSA) is 51.3 Å². The summed E-state index contributed by atoms with van der Waals surface area (Å²) in [4.78, 5) is 13.7. The van der Waals surface area contributed by atoms with Crippen LogP contribution in [0.4, 0.5) is 0 Å². The molecule has 66 valence electrons. The van der Waals surface area contributed by atoms with Gasteiger partial charge in [0, 0.05) is 19.4 Å². The van der Waals surface area contributed by atoms with E-state index in [1.54, 1.807) is 0 Å². The van der Waals surface area contributed by atoms with Gasteiger partial charge in [0.15, 0.2) is 11.9 Å². The molecule has 0 unspecified atom stereocenters. The lowest BCUT2D eigenvalue weighted by Crippen LogP contribution is -2.09. The Morgan fingerprint density at radius 1 is 1.67 bits per heavy atom. The van der Waals surface area contributed by atoms with Crippen LogP contribution in [0.15, 0.2) is 17.1 Å². The molecule has 0 aliphatic rings. The van der Waals surface area contributed by atoms with E-state index in [9.17, 15) is 4.79 Å². The van der Waals surface area contributed by atoms with Crippen molar-refractivity contribution in [2.45, 2.75) is 0 Å². The van der Waals surface area contributed by atoms with Gasteiger partial charge in [0.2, 0.25) is 11.2 Å². The summed E-state index contributed by atoms with van der Waals surface area (Å²) in [5.41, 5.74) is -0.268. The normalized spacial score (nSPS) is 9.83. The SMILES string of the molecule is COCOc1c(Cl)[nH]ccc1=O. The molecule has 0 amide bonds. The molecule has 12 heavy (non-hydrogen) atoms. The molecule has 5 heteroatoms. The Hall–Kier alpha value is -1.00. The van der Waals surface area contributed by atoms with Crippen LogP contribution in [0, 0.1) is 0 Å². The standard InChI is InChI=1S/C7H8ClNO3/c1-11-4-12-6-5(10)2-3-9-7(6)8/h2-3H,4H2,1H3,(H,9,10). The van der Waals surface area contributed by atoms with E-state index in [1.165, 1.54) is 19.4 Å². The van der Waals surface area contributed by atoms with Crippen LogP contribution in [0.3, 0.4) is 0 Å².